The SMILES string of the molecule is Cc1nn(C)c(NCC2(C)CCNCC2)c1[N+](=O)[O-]. The quantitative estimate of drug-likeness (QED) is 0.637. The van der Waals surface area contributed by atoms with Crippen molar-refractivity contribution >= 4 is 11.5 Å². The van der Waals surface area contributed by atoms with E-state index in [2.05, 4.69) is 22.7 Å². The summed E-state index contributed by atoms with van der Waals surface area (Å²) in [7, 11) is 1.73. The topological polar surface area (TPSA) is 85.0 Å². The van der Waals surface area contributed by atoms with Crippen molar-refractivity contribution in [1.29, 1.82) is 0 Å². The second-order valence-corrected chi connectivity index (χ2v) is 5.58. The van der Waals surface area contributed by atoms with Gasteiger partial charge >= 0.3 is 5.69 Å². The number of hydrogen-bond acceptors (Lipinski definition) is 5. The van der Waals surface area contributed by atoms with Crippen LogP contribution in [-0.2, 0) is 7.05 Å². The molecule has 19 heavy (non-hydrogen) atoms. The van der Waals surface area contributed by atoms with E-state index in [4.69, 9.17) is 0 Å². The average Bonchev–Trinajstić information content (AvgIpc) is 2.62. The lowest BCUT2D eigenvalue weighted by atomic mass is 9.81. The Kier molecular flexibility index (Phi) is 3.75. The lowest BCUT2D eigenvalue weighted by Gasteiger charge is -2.34. The number of aryl methyl sites for hydroxylation is 2. The van der Waals surface area contributed by atoms with E-state index in [0.717, 1.165) is 32.5 Å². The van der Waals surface area contributed by atoms with Crippen LogP contribution in [0.1, 0.15) is 25.5 Å². The Balaban J connectivity index is 2.13. The number of nitrogens with zero attached hydrogens (tertiary/aromatic N) is 3. The number of anilines is 1. The number of piperidine rings is 1. The molecular weight excluding hydrogens is 246 g/mol. The molecule has 2 heterocycles. The molecule has 0 unspecified atom stereocenters. The number of hydrogen-bond donors (Lipinski definition) is 2. The molecule has 1 aliphatic heterocycles. The van der Waals surface area contributed by atoms with Crippen LogP contribution in [0, 0.1) is 22.5 Å². The molecule has 0 radical (unpaired) electrons. The molecule has 0 aromatic carbocycles. The average molecular weight is 267 g/mol. The van der Waals surface area contributed by atoms with Gasteiger partial charge in [-0.1, -0.05) is 6.92 Å². The van der Waals surface area contributed by atoms with Crippen LogP contribution in [0.5, 0.6) is 0 Å². The van der Waals surface area contributed by atoms with Crippen molar-refractivity contribution in [2.24, 2.45) is 12.5 Å². The second kappa shape index (κ2) is 5.16. The van der Waals surface area contributed by atoms with Crippen molar-refractivity contribution in [3.8, 4) is 0 Å². The van der Waals surface area contributed by atoms with Crippen molar-refractivity contribution in [3.05, 3.63) is 15.8 Å². The molecule has 0 aliphatic carbocycles. The van der Waals surface area contributed by atoms with Gasteiger partial charge in [0.05, 0.1) is 4.92 Å². The second-order valence-electron chi connectivity index (χ2n) is 5.58. The lowest BCUT2D eigenvalue weighted by Crippen LogP contribution is -2.39. The molecule has 2 N–H and O–H groups in total. The Morgan fingerprint density at radius 1 is 1.53 bits per heavy atom. The summed E-state index contributed by atoms with van der Waals surface area (Å²) < 4.78 is 1.55. The van der Waals surface area contributed by atoms with Gasteiger partial charge in [-0.15, -0.1) is 0 Å². The Morgan fingerprint density at radius 3 is 2.74 bits per heavy atom. The monoisotopic (exact) mass is 267 g/mol. The van der Waals surface area contributed by atoms with E-state index in [-0.39, 0.29) is 16.0 Å². The molecule has 0 saturated carbocycles. The van der Waals surface area contributed by atoms with Crippen LogP contribution in [0.4, 0.5) is 11.5 Å². The van der Waals surface area contributed by atoms with E-state index in [1.807, 2.05) is 0 Å². The fourth-order valence-electron chi connectivity index (χ4n) is 2.57. The van der Waals surface area contributed by atoms with Crippen molar-refractivity contribution in [3.63, 3.8) is 0 Å². The van der Waals surface area contributed by atoms with Gasteiger partial charge in [-0.3, -0.25) is 10.1 Å². The molecule has 1 saturated heterocycles. The minimum Gasteiger partial charge on any atom is -0.364 e. The Hall–Kier alpha value is -1.63. The first-order valence-electron chi connectivity index (χ1n) is 6.55. The highest BCUT2D eigenvalue weighted by Gasteiger charge is 2.29. The molecule has 7 nitrogen and oxygen atoms in total. The Labute approximate surface area is 112 Å². The highest BCUT2D eigenvalue weighted by Crippen LogP contribution is 2.31. The van der Waals surface area contributed by atoms with Gasteiger partial charge in [0.2, 0.25) is 5.82 Å². The van der Waals surface area contributed by atoms with Crippen molar-refractivity contribution in [1.82, 2.24) is 15.1 Å². The third kappa shape index (κ3) is 2.86. The van der Waals surface area contributed by atoms with Gasteiger partial charge in [0.1, 0.15) is 5.69 Å². The van der Waals surface area contributed by atoms with Crippen molar-refractivity contribution < 1.29 is 4.92 Å². The van der Waals surface area contributed by atoms with Gasteiger partial charge in [0.25, 0.3) is 0 Å². The van der Waals surface area contributed by atoms with Crippen LogP contribution in [-0.4, -0.2) is 34.3 Å². The summed E-state index contributed by atoms with van der Waals surface area (Å²) in [6.07, 6.45) is 2.15. The first kappa shape index (κ1) is 13.8. The van der Waals surface area contributed by atoms with Crippen molar-refractivity contribution in [2.45, 2.75) is 26.7 Å². The van der Waals surface area contributed by atoms with Gasteiger partial charge in [0, 0.05) is 13.6 Å². The van der Waals surface area contributed by atoms with E-state index >= 15 is 0 Å². The zero-order chi connectivity index (χ0) is 14.0. The van der Waals surface area contributed by atoms with Gasteiger partial charge < -0.3 is 10.6 Å². The summed E-state index contributed by atoms with van der Waals surface area (Å²) >= 11 is 0. The molecule has 2 rings (SSSR count). The first-order valence-corrected chi connectivity index (χ1v) is 6.55. The summed E-state index contributed by atoms with van der Waals surface area (Å²) in [5, 5.41) is 21.8. The maximum Gasteiger partial charge on any atom is 0.333 e. The minimum absolute atomic E-state index is 0.0834. The van der Waals surface area contributed by atoms with Gasteiger partial charge in [-0.25, -0.2) is 4.68 Å². The van der Waals surface area contributed by atoms with Crippen LogP contribution in [0.2, 0.25) is 0 Å². The summed E-state index contributed by atoms with van der Waals surface area (Å²) in [6, 6.07) is 0. The van der Waals surface area contributed by atoms with E-state index < -0.39 is 0 Å². The molecule has 0 atom stereocenters. The van der Waals surface area contributed by atoms with Gasteiger partial charge in [0.15, 0.2) is 0 Å². The predicted molar refractivity (Wildman–Crippen MR) is 73.3 cm³/mol. The van der Waals surface area contributed by atoms with Crippen LogP contribution in [0.15, 0.2) is 0 Å². The molecule has 1 aliphatic rings. The summed E-state index contributed by atoms with van der Waals surface area (Å²) in [5.74, 6) is 0.502. The Bertz CT molecular complexity index is 477. The zero-order valence-corrected chi connectivity index (χ0v) is 11.7. The summed E-state index contributed by atoms with van der Waals surface area (Å²) in [6.45, 7) is 6.62. The molecule has 0 bridgehead atoms. The molecule has 1 aromatic heterocycles. The fraction of sp³-hybridized carbons (Fsp3) is 0.750. The predicted octanol–water partition coefficient (Wildman–Crippen LogP) is 1.44. The third-order valence-electron chi connectivity index (χ3n) is 3.87. The number of aromatic nitrogens is 2. The molecule has 7 heteroatoms. The van der Waals surface area contributed by atoms with E-state index in [1.54, 1.807) is 18.7 Å². The maximum atomic E-state index is 11.1. The van der Waals surface area contributed by atoms with Crippen LogP contribution >= 0.6 is 0 Å². The van der Waals surface area contributed by atoms with Crippen LogP contribution in [0.3, 0.4) is 0 Å². The maximum absolute atomic E-state index is 11.1. The molecule has 0 amide bonds. The molecule has 1 aromatic rings. The van der Waals surface area contributed by atoms with Gasteiger partial charge in [-0.2, -0.15) is 5.10 Å². The molecule has 0 spiro atoms. The van der Waals surface area contributed by atoms with Gasteiger partial charge in [-0.05, 0) is 38.3 Å². The molecular formula is C12H21N5O2. The van der Waals surface area contributed by atoms with Crippen LogP contribution in [0.25, 0.3) is 0 Å². The summed E-state index contributed by atoms with van der Waals surface area (Å²) in [5.41, 5.74) is 0.711. The van der Waals surface area contributed by atoms with E-state index in [9.17, 15) is 10.1 Å². The summed E-state index contributed by atoms with van der Waals surface area (Å²) in [4.78, 5) is 10.7. The number of nitro groups is 1. The largest absolute Gasteiger partial charge is 0.364 e. The highest BCUT2D eigenvalue weighted by molar-refractivity contribution is 5.59. The van der Waals surface area contributed by atoms with Crippen molar-refractivity contribution in [2.75, 3.05) is 25.0 Å². The van der Waals surface area contributed by atoms with Crippen LogP contribution < -0.4 is 10.6 Å². The number of rotatable bonds is 4. The minimum atomic E-state index is -0.366. The smallest absolute Gasteiger partial charge is 0.333 e. The normalized spacial score (nSPS) is 18.3. The van der Waals surface area contributed by atoms with E-state index in [0.29, 0.717) is 11.5 Å². The lowest BCUT2D eigenvalue weighted by molar-refractivity contribution is -0.384. The zero-order valence-electron chi connectivity index (χ0n) is 11.7. The fourth-order valence-corrected chi connectivity index (χ4v) is 2.57. The molecule has 1 fully saturated rings. The third-order valence-corrected chi connectivity index (χ3v) is 3.87. The standard InChI is InChI=1S/C12H21N5O2/c1-9-10(17(18)19)11(16(3)15-9)14-8-12(2)4-6-13-7-5-12/h13-14H,4-8H2,1-3H3. The highest BCUT2D eigenvalue weighted by atomic mass is 16.6. The first-order chi connectivity index (χ1) is 8.93. The van der Waals surface area contributed by atoms with E-state index in [1.165, 1.54) is 0 Å². The molecule has 106 valence electrons. The number of nitrogens with one attached hydrogen (secondary N) is 2. The Morgan fingerprint density at radius 2 is 2.16 bits per heavy atom.